The molecule has 0 aliphatic carbocycles. The molecule has 2 amide bonds. The first-order chi connectivity index (χ1) is 16.7. The Morgan fingerprint density at radius 2 is 1.79 bits per heavy atom. The molecule has 0 N–H and O–H groups in total. The average molecular weight is 466 g/mol. The summed E-state index contributed by atoms with van der Waals surface area (Å²) in [5.41, 5.74) is 0.534. The normalized spacial score (nSPS) is 24.1. The van der Waals surface area contributed by atoms with Crippen molar-refractivity contribution in [2.45, 2.75) is 69.9 Å². The van der Waals surface area contributed by atoms with Gasteiger partial charge in [-0.15, -0.1) is 10.2 Å². The number of carbonyl (C=O) groups is 2. The van der Waals surface area contributed by atoms with Crippen LogP contribution in [0.15, 0.2) is 18.2 Å². The molecule has 2 aromatic rings. The van der Waals surface area contributed by atoms with Gasteiger partial charge in [0.05, 0.1) is 0 Å². The molecule has 2 saturated heterocycles. The lowest BCUT2D eigenvalue weighted by atomic mass is 9.96. The Morgan fingerprint density at radius 1 is 0.912 bits per heavy atom. The monoisotopic (exact) mass is 465 g/mol. The van der Waals surface area contributed by atoms with Gasteiger partial charge in [-0.1, -0.05) is 6.42 Å². The lowest BCUT2D eigenvalue weighted by Gasteiger charge is -2.36. The number of rotatable bonds is 3. The second-order valence-electron chi connectivity index (χ2n) is 9.78. The van der Waals surface area contributed by atoms with Crippen molar-refractivity contribution in [3.63, 3.8) is 0 Å². The van der Waals surface area contributed by atoms with Crippen LogP contribution in [0.1, 0.15) is 72.9 Å². The molecule has 0 spiro atoms. The molecule has 2 fully saturated rings. The van der Waals surface area contributed by atoms with Crippen molar-refractivity contribution in [1.29, 1.82) is 0 Å². The summed E-state index contributed by atoms with van der Waals surface area (Å²) in [6, 6.07) is 4.83. The second-order valence-corrected chi connectivity index (χ2v) is 9.78. The summed E-state index contributed by atoms with van der Waals surface area (Å²) in [7, 11) is 0. The van der Waals surface area contributed by atoms with Crippen LogP contribution in [0.2, 0.25) is 0 Å². The number of ether oxygens (including phenoxy) is 2. The van der Waals surface area contributed by atoms with Crippen molar-refractivity contribution in [1.82, 2.24) is 24.6 Å². The van der Waals surface area contributed by atoms with Crippen LogP contribution in [-0.4, -0.2) is 68.8 Å². The Labute approximate surface area is 199 Å². The van der Waals surface area contributed by atoms with Gasteiger partial charge in [0.25, 0.3) is 5.91 Å². The Balaban J connectivity index is 1.17. The van der Waals surface area contributed by atoms with Gasteiger partial charge < -0.3 is 23.8 Å². The van der Waals surface area contributed by atoms with E-state index in [0.717, 1.165) is 56.8 Å². The van der Waals surface area contributed by atoms with Gasteiger partial charge in [-0.2, -0.15) is 0 Å². The highest BCUT2D eigenvalue weighted by Gasteiger charge is 2.39. The molecule has 1 aromatic heterocycles. The first-order valence-electron chi connectivity index (χ1n) is 12.6. The summed E-state index contributed by atoms with van der Waals surface area (Å²) in [6.45, 7) is 3.13. The molecular weight excluding hydrogens is 434 g/mol. The maximum atomic E-state index is 13.6. The van der Waals surface area contributed by atoms with Gasteiger partial charge in [0.1, 0.15) is 17.7 Å². The highest BCUT2D eigenvalue weighted by atomic mass is 16.7. The van der Waals surface area contributed by atoms with E-state index < -0.39 is 6.04 Å². The topological polar surface area (TPSA) is 89.8 Å². The Morgan fingerprint density at radius 3 is 2.74 bits per heavy atom. The summed E-state index contributed by atoms with van der Waals surface area (Å²) >= 11 is 0. The number of benzene rings is 1. The maximum Gasteiger partial charge on any atom is 0.254 e. The fourth-order valence-corrected chi connectivity index (χ4v) is 5.87. The molecule has 2 unspecified atom stereocenters. The molecule has 4 aliphatic heterocycles. The zero-order chi connectivity index (χ0) is 23.1. The van der Waals surface area contributed by atoms with Gasteiger partial charge in [0.15, 0.2) is 11.5 Å². The number of amides is 2. The van der Waals surface area contributed by atoms with E-state index in [1.54, 1.807) is 23.1 Å². The van der Waals surface area contributed by atoms with Crippen LogP contribution in [-0.2, 0) is 17.8 Å². The largest absolute Gasteiger partial charge is 0.454 e. The first kappa shape index (κ1) is 21.4. The third kappa shape index (κ3) is 3.80. The van der Waals surface area contributed by atoms with E-state index in [2.05, 4.69) is 14.8 Å². The van der Waals surface area contributed by atoms with Crippen LogP contribution >= 0.6 is 0 Å². The molecule has 180 valence electrons. The summed E-state index contributed by atoms with van der Waals surface area (Å²) in [5, 5.41) is 9.02. The highest BCUT2D eigenvalue weighted by molar-refractivity contribution is 5.98. The van der Waals surface area contributed by atoms with E-state index >= 15 is 0 Å². The Kier molecular flexibility index (Phi) is 5.63. The summed E-state index contributed by atoms with van der Waals surface area (Å²) in [4.78, 5) is 30.7. The van der Waals surface area contributed by atoms with E-state index in [4.69, 9.17) is 9.47 Å². The maximum absolute atomic E-state index is 13.6. The Bertz CT molecular complexity index is 1100. The van der Waals surface area contributed by atoms with Crippen LogP contribution < -0.4 is 9.47 Å². The molecule has 0 saturated carbocycles. The molecule has 1 aromatic carbocycles. The molecule has 2 atom stereocenters. The molecule has 34 heavy (non-hydrogen) atoms. The SMILES string of the molecule is O=C(C1CCCN1C(=O)c1ccc2c(c1)OCO2)N1CCCC(c2nnc3n2CCCCC3)C1. The van der Waals surface area contributed by atoms with Gasteiger partial charge >= 0.3 is 0 Å². The van der Waals surface area contributed by atoms with Crippen molar-refractivity contribution < 1.29 is 19.1 Å². The number of piperidine rings is 1. The molecular formula is C25H31N5O4. The van der Waals surface area contributed by atoms with Crippen LogP contribution in [0, 0.1) is 0 Å². The molecule has 9 nitrogen and oxygen atoms in total. The van der Waals surface area contributed by atoms with Gasteiger partial charge in [0, 0.05) is 44.1 Å². The van der Waals surface area contributed by atoms with E-state index in [0.29, 0.717) is 36.6 Å². The predicted octanol–water partition coefficient (Wildman–Crippen LogP) is 2.74. The van der Waals surface area contributed by atoms with Crippen LogP contribution in [0.4, 0.5) is 0 Å². The quantitative estimate of drug-likeness (QED) is 0.693. The molecule has 0 bridgehead atoms. The summed E-state index contributed by atoms with van der Waals surface area (Å²) in [5.74, 6) is 3.51. The van der Waals surface area contributed by atoms with Crippen molar-refractivity contribution in [2.75, 3.05) is 26.4 Å². The number of hydrogen-bond acceptors (Lipinski definition) is 6. The molecule has 4 aliphatic rings. The number of hydrogen-bond donors (Lipinski definition) is 0. The molecule has 9 heteroatoms. The predicted molar refractivity (Wildman–Crippen MR) is 123 cm³/mol. The number of likely N-dealkylation sites (tertiary alicyclic amines) is 2. The number of aromatic nitrogens is 3. The third-order valence-corrected chi connectivity index (χ3v) is 7.65. The molecule has 5 heterocycles. The van der Waals surface area contributed by atoms with Gasteiger partial charge in [-0.05, 0) is 56.7 Å². The van der Waals surface area contributed by atoms with E-state index in [-0.39, 0.29) is 24.5 Å². The minimum absolute atomic E-state index is 0.0619. The highest BCUT2D eigenvalue weighted by Crippen LogP contribution is 2.34. The summed E-state index contributed by atoms with van der Waals surface area (Å²) < 4.78 is 13.1. The van der Waals surface area contributed by atoms with E-state index in [1.165, 1.54) is 12.8 Å². The van der Waals surface area contributed by atoms with Crippen LogP contribution in [0.3, 0.4) is 0 Å². The summed E-state index contributed by atoms with van der Waals surface area (Å²) in [6.07, 6.45) is 8.05. The van der Waals surface area contributed by atoms with Gasteiger partial charge in [-0.3, -0.25) is 9.59 Å². The zero-order valence-electron chi connectivity index (χ0n) is 19.4. The van der Waals surface area contributed by atoms with Crippen molar-refractivity contribution in [3.8, 4) is 11.5 Å². The van der Waals surface area contributed by atoms with Gasteiger partial charge in [0.2, 0.25) is 12.7 Å². The minimum atomic E-state index is -0.410. The number of fused-ring (bicyclic) bond motifs is 2. The van der Waals surface area contributed by atoms with Crippen molar-refractivity contribution in [2.24, 2.45) is 0 Å². The smallest absolute Gasteiger partial charge is 0.254 e. The number of aryl methyl sites for hydroxylation is 1. The second kappa shape index (κ2) is 8.92. The van der Waals surface area contributed by atoms with E-state index in [9.17, 15) is 9.59 Å². The van der Waals surface area contributed by atoms with Crippen molar-refractivity contribution >= 4 is 11.8 Å². The lowest BCUT2D eigenvalue weighted by Crippen LogP contribution is -2.50. The molecule has 6 rings (SSSR count). The fraction of sp³-hybridized carbons (Fsp3) is 0.600. The standard InChI is InChI=1S/C25H31N5O4/c31-24(17-9-10-20-21(14-17)34-16-33-20)29-13-5-7-19(29)25(32)28-11-4-6-18(15-28)23-27-26-22-8-2-1-3-12-30(22)23/h9-10,14,18-19H,1-8,11-13,15-16H2. The average Bonchev–Trinajstić information content (AvgIpc) is 3.60. The fourth-order valence-electron chi connectivity index (χ4n) is 5.87. The lowest BCUT2D eigenvalue weighted by molar-refractivity contribution is -0.136. The van der Waals surface area contributed by atoms with Gasteiger partial charge in [-0.25, -0.2) is 0 Å². The minimum Gasteiger partial charge on any atom is -0.454 e. The zero-order valence-corrected chi connectivity index (χ0v) is 19.4. The van der Waals surface area contributed by atoms with Crippen LogP contribution in [0.25, 0.3) is 0 Å². The first-order valence-corrected chi connectivity index (χ1v) is 12.6. The molecule has 0 radical (unpaired) electrons. The van der Waals surface area contributed by atoms with Crippen LogP contribution in [0.5, 0.6) is 11.5 Å². The third-order valence-electron chi connectivity index (χ3n) is 7.65. The van der Waals surface area contributed by atoms with Crippen molar-refractivity contribution in [3.05, 3.63) is 35.4 Å². The number of carbonyl (C=O) groups excluding carboxylic acids is 2. The number of nitrogens with zero attached hydrogens (tertiary/aromatic N) is 5. The Hall–Kier alpha value is -3.10. The van der Waals surface area contributed by atoms with E-state index in [1.807, 2.05) is 4.90 Å².